The Bertz CT molecular complexity index is 970. The summed E-state index contributed by atoms with van der Waals surface area (Å²) in [5, 5.41) is 0. The number of carbonyl (C=O) groups is 1. The Morgan fingerprint density at radius 3 is 2.61 bits per heavy atom. The second-order valence-corrected chi connectivity index (χ2v) is 7.20. The van der Waals surface area contributed by atoms with Gasteiger partial charge in [-0.25, -0.2) is 0 Å². The van der Waals surface area contributed by atoms with E-state index in [0.29, 0.717) is 35.8 Å². The predicted octanol–water partition coefficient (Wildman–Crippen LogP) is 2.57. The molecule has 0 unspecified atom stereocenters. The molecule has 0 radical (unpaired) electrons. The van der Waals surface area contributed by atoms with Crippen molar-refractivity contribution in [2.45, 2.75) is 19.4 Å². The third kappa shape index (κ3) is 2.65. The SMILES string of the molecule is COc1c2c(cc3c1C(=O)Cc1ccc4c(c1CN(C)CC3)OCO4)OCO2. The first-order valence-electron chi connectivity index (χ1n) is 9.27. The van der Waals surface area contributed by atoms with Crippen LogP contribution in [-0.2, 0) is 19.4 Å². The summed E-state index contributed by atoms with van der Waals surface area (Å²) in [4.78, 5) is 15.6. The number of carbonyl (C=O) groups excluding carboxylic acids is 1. The van der Waals surface area contributed by atoms with Crippen LogP contribution in [0.4, 0.5) is 0 Å². The van der Waals surface area contributed by atoms with Crippen LogP contribution in [0, 0.1) is 0 Å². The fourth-order valence-corrected chi connectivity index (χ4v) is 4.09. The summed E-state index contributed by atoms with van der Waals surface area (Å²) in [6.07, 6.45) is 0.953. The van der Waals surface area contributed by atoms with Crippen molar-refractivity contribution >= 4 is 5.78 Å². The Balaban J connectivity index is 1.65. The van der Waals surface area contributed by atoms with Gasteiger partial charge in [-0.3, -0.25) is 4.79 Å². The first-order valence-corrected chi connectivity index (χ1v) is 9.27. The van der Waals surface area contributed by atoms with Gasteiger partial charge in [-0.2, -0.15) is 0 Å². The lowest BCUT2D eigenvalue weighted by Gasteiger charge is -2.23. The van der Waals surface area contributed by atoms with Gasteiger partial charge in [0, 0.05) is 25.1 Å². The highest BCUT2D eigenvalue weighted by Crippen LogP contribution is 2.46. The number of nitrogens with zero attached hydrogens (tertiary/aromatic N) is 1. The van der Waals surface area contributed by atoms with E-state index < -0.39 is 0 Å². The number of methoxy groups -OCH3 is 1. The molecule has 0 aromatic heterocycles. The zero-order valence-electron chi connectivity index (χ0n) is 15.9. The third-order valence-electron chi connectivity index (χ3n) is 5.47. The molecule has 3 heterocycles. The van der Waals surface area contributed by atoms with Gasteiger partial charge in [0.1, 0.15) is 0 Å². The normalized spacial score (nSPS) is 17.9. The highest BCUT2D eigenvalue weighted by atomic mass is 16.7. The van der Waals surface area contributed by atoms with Crippen molar-refractivity contribution < 1.29 is 28.5 Å². The molecule has 0 saturated carbocycles. The number of rotatable bonds is 1. The Labute approximate surface area is 162 Å². The van der Waals surface area contributed by atoms with Crippen molar-refractivity contribution in [2.24, 2.45) is 0 Å². The summed E-state index contributed by atoms with van der Waals surface area (Å²) >= 11 is 0. The molecule has 0 fully saturated rings. The van der Waals surface area contributed by atoms with Gasteiger partial charge in [0.2, 0.25) is 19.3 Å². The molecule has 0 bridgehead atoms. The monoisotopic (exact) mass is 383 g/mol. The molecular weight excluding hydrogens is 362 g/mol. The molecule has 0 saturated heterocycles. The third-order valence-corrected chi connectivity index (χ3v) is 5.47. The smallest absolute Gasteiger partial charge is 0.231 e. The minimum Gasteiger partial charge on any atom is -0.492 e. The van der Waals surface area contributed by atoms with Crippen LogP contribution in [0.2, 0.25) is 0 Å². The van der Waals surface area contributed by atoms with Gasteiger partial charge in [-0.1, -0.05) is 6.07 Å². The second kappa shape index (κ2) is 6.60. The van der Waals surface area contributed by atoms with Gasteiger partial charge in [-0.15, -0.1) is 0 Å². The van der Waals surface area contributed by atoms with E-state index in [1.54, 1.807) is 7.11 Å². The number of hydrogen-bond acceptors (Lipinski definition) is 7. The van der Waals surface area contributed by atoms with E-state index in [2.05, 4.69) is 11.9 Å². The van der Waals surface area contributed by atoms with Crippen LogP contribution in [0.1, 0.15) is 27.0 Å². The quantitative estimate of drug-likeness (QED) is 0.750. The van der Waals surface area contributed by atoms with Crippen LogP contribution in [0.3, 0.4) is 0 Å². The number of ketones is 1. The number of benzene rings is 2. The first-order chi connectivity index (χ1) is 13.7. The zero-order valence-corrected chi connectivity index (χ0v) is 15.9. The maximum atomic E-state index is 13.4. The standard InChI is InChI=1S/C21H21NO6/c1-22-6-5-13-8-17-20(28-11-26-17)21(24-2)18(13)15(23)7-12-3-4-16-19(14(12)9-22)27-10-25-16/h3-4,8H,5-7,9-11H2,1-2H3. The summed E-state index contributed by atoms with van der Waals surface area (Å²) < 4.78 is 27.9. The maximum Gasteiger partial charge on any atom is 0.231 e. The fraction of sp³-hybridized carbons (Fsp3) is 0.381. The topological polar surface area (TPSA) is 66.5 Å². The Kier molecular flexibility index (Phi) is 4.05. The van der Waals surface area contributed by atoms with E-state index in [9.17, 15) is 4.79 Å². The van der Waals surface area contributed by atoms with Crippen molar-refractivity contribution in [1.82, 2.24) is 4.90 Å². The molecule has 2 aromatic carbocycles. The molecule has 28 heavy (non-hydrogen) atoms. The summed E-state index contributed by atoms with van der Waals surface area (Å²) in [5.41, 5.74) is 3.44. The Morgan fingerprint density at radius 1 is 1.00 bits per heavy atom. The highest BCUT2D eigenvalue weighted by molar-refractivity contribution is 6.03. The van der Waals surface area contributed by atoms with Gasteiger partial charge < -0.3 is 28.6 Å². The molecule has 0 N–H and O–H groups in total. The number of ether oxygens (including phenoxy) is 5. The van der Waals surface area contributed by atoms with Crippen molar-refractivity contribution in [2.75, 3.05) is 34.3 Å². The van der Waals surface area contributed by atoms with Gasteiger partial charge in [0.25, 0.3) is 0 Å². The van der Waals surface area contributed by atoms with E-state index in [-0.39, 0.29) is 25.8 Å². The lowest BCUT2D eigenvalue weighted by atomic mass is 9.91. The summed E-state index contributed by atoms with van der Waals surface area (Å²) in [7, 11) is 3.62. The van der Waals surface area contributed by atoms with Crippen LogP contribution < -0.4 is 23.7 Å². The fourth-order valence-electron chi connectivity index (χ4n) is 4.09. The van der Waals surface area contributed by atoms with Crippen LogP contribution in [-0.4, -0.2) is 45.0 Å². The number of fused-ring (bicyclic) bond motifs is 5. The molecule has 0 atom stereocenters. The van der Waals surface area contributed by atoms with Crippen molar-refractivity contribution in [3.05, 3.63) is 40.5 Å². The number of hydrogen-bond donors (Lipinski definition) is 0. The lowest BCUT2D eigenvalue weighted by Crippen LogP contribution is -2.24. The van der Waals surface area contributed by atoms with Crippen molar-refractivity contribution in [3.63, 3.8) is 0 Å². The highest BCUT2D eigenvalue weighted by Gasteiger charge is 2.31. The van der Waals surface area contributed by atoms with Crippen LogP contribution >= 0.6 is 0 Å². The molecule has 0 spiro atoms. The van der Waals surface area contributed by atoms with E-state index in [4.69, 9.17) is 23.7 Å². The van der Waals surface area contributed by atoms with E-state index in [0.717, 1.165) is 34.7 Å². The Morgan fingerprint density at radius 2 is 1.79 bits per heavy atom. The molecular formula is C21H21NO6. The van der Waals surface area contributed by atoms with Gasteiger partial charge >= 0.3 is 0 Å². The van der Waals surface area contributed by atoms with E-state index >= 15 is 0 Å². The van der Waals surface area contributed by atoms with Crippen molar-refractivity contribution in [1.29, 1.82) is 0 Å². The van der Waals surface area contributed by atoms with Gasteiger partial charge in [0.05, 0.1) is 12.7 Å². The molecule has 3 aliphatic rings. The van der Waals surface area contributed by atoms with E-state index in [1.165, 1.54) is 0 Å². The molecule has 2 aromatic rings. The minimum absolute atomic E-state index is 0.00480. The summed E-state index contributed by atoms with van der Waals surface area (Å²) in [5.74, 6) is 3.07. The molecule has 7 heteroatoms. The van der Waals surface area contributed by atoms with E-state index in [1.807, 2.05) is 18.2 Å². The largest absolute Gasteiger partial charge is 0.492 e. The predicted molar refractivity (Wildman–Crippen MR) is 99.8 cm³/mol. The number of likely N-dealkylation sites (N-methyl/N-ethyl adjacent to an activating group) is 1. The van der Waals surface area contributed by atoms with Crippen LogP contribution in [0.25, 0.3) is 0 Å². The average Bonchev–Trinajstić information content (AvgIpc) is 3.35. The molecule has 5 rings (SSSR count). The summed E-state index contributed by atoms with van der Waals surface area (Å²) in [6, 6.07) is 5.74. The van der Waals surface area contributed by atoms with Crippen molar-refractivity contribution in [3.8, 4) is 28.7 Å². The van der Waals surface area contributed by atoms with Crippen LogP contribution in [0.15, 0.2) is 18.2 Å². The molecule has 0 amide bonds. The molecule has 3 aliphatic heterocycles. The second-order valence-electron chi connectivity index (χ2n) is 7.20. The minimum atomic E-state index is -0.00480. The molecule has 7 nitrogen and oxygen atoms in total. The Hall–Kier alpha value is -2.93. The summed E-state index contributed by atoms with van der Waals surface area (Å²) in [6.45, 7) is 1.80. The molecule has 0 aliphatic carbocycles. The van der Waals surface area contributed by atoms with Gasteiger partial charge in [-0.05, 0) is 36.7 Å². The van der Waals surface area contributed by atoms with Gasteiger partial charge in [0.15, 0.2) is 28.8 Å². The average molecular weight is 383 g/mol. The number of Topliss-reactive ketones (excluding diaryl/α,β-unsaturated/α-hetero) is 1. The zero-order chi connectivity index (χ0) is 19.3. The molecule has 146 valence electrons. The lowest BCUT2D eigenvalue weighted by molar-refractivity contribution is 0.0986. The maximum absolute atomic E-state index is 13.4. The first kappa shape index (κ1) is 17.2. The van der Waals surface area contributed by atoms with Crippen LogP contribution in [0.5, 0.6) is 28.7 Å².